The Morgan fingerprint density at radius 1 is 1.00 bits per heavy atom. The lowest BCUT2D eigenvalue weighted by Gasteiger charge is -2.42. The fourth-order valence-corrected chi connectivity index (χ4v) is 6.88. The number of imide groups is 1. The van der Waals surface area contributed by atoms with E-state index in [1.165, 1.54) is 23.1 Å². The summed E-state index contributed by atoms with van der Waals surface area (Å²) in [4.78, 5) is 55.2. The van der Waals surface area contributed by atoms with E-state index in [1.807, 2.05) is 6.08 Å². The number of amides is 2. The molecule has 6 nitrogen and oxygen atoms in total. The third kappa shape index (κ3) is 3.59. The molecule has 1 heterocycles. The quantitative estimate of drug-likeness (QED) is 0.291. The Balaban J connectivity index is 1.50. The van der Waals surface area contributed by atoms with Gasteiger partial charge in [0.15, 0.2) is 11.6 Å². The lowest BCUT2D eigenvalue weighted by Crippen LogP contribution is -2.39. The van der Waals surface area contributed by atoms with E-state index < -0.39 is 23.7 Å². The fraction of sp³-hybridized carbons (Fsp3) is 0.241. The molecule has 37 heavy (non-hydrogen) atoms. The van der Waals surface area contributed by atoms with Gasteiger partial charge >= 0.3 is 0 Å². The number of phenolic OH excluding ortho intramolecular Hbond substituents is 1. The predicted octanol–water partition coefficient (Wildman–Crippen LogP) is 5.44. The summed E-state index contributed by atoms with van der Waals surface area (Å²) in [6, 6.07) is 11.6. The van der Waals surface area contributed by atoms with E-state index in [0.717, 1.165) is 10.0 Å². The summed E-state index contributed by atoms with van der Waals surface area (Å²) in [5.74, 6) is -3.34. The second-order valence-corrected chi connectivity index (χ2v) is 11.2. The zero-order chi connectivity index (χ0) is 26.2. The lowest BCUT2D eigenvalue weighted by molar-refractivity contribution is -0.123. The van der Waals surface area contributed by atoms with Gasteiger partial charge in [0.05, 0.1) is 17.5 Å². The molecule has 2 amide bonds. The molecule has 2 aromatic carbocycles. The number of halogens is 2. The highest BCUT2D eigenvalue weighted by Crippen LogP contribution is 2.56. The topological polar surface area (TPSA) is 91.8 Å². The first-order valence-electron chi connectivity index (χ1n) is 12.0. The van der Waals surface area contributed by atoms with Crippen molar-refractivity contribution >= 4 is 56.6 Å². The highest BCUT2D eigenvalue weighted by Gasteiger charge is 2.56. The van der Waals surface area contributed by atoms with Gasteiger partial charge in [-0.15, -0.1) is 0 Å². The standard InChI is InChI=1S/C29H21BrClNO5/c1-13-10-23(34)26-21(27(13)35)12-20-17(24(26)18-7-6-16(33)11-22(18)31)8-9-19-25(20)29(37)32(28(19)36)15-4-2-14(30)3-5-15/h2-8,10-11,19-20,24-25,33H,9,12H2,1H3. The number of phenols is 1. The van der Waals surface area contributed by atoms with Gasteiger partial charge in [0.25, 0.3) is 0 Å². The number of carbonyl (C=O) groups is 4. The third-order valence-corrected chi connectivity index (χ3v) is 8.80. The van der Waals surface area contributed by atoms with Crippen LogP contribution < -0.4 is 4.90 Å². The van der Waals surface area contributed by atoms with Crippen LogP contribution in [0.15, 0.2) is 81.4 Å². The van der Waals surface area contributed by atoms with E-state index in [2.05, 4.69) is 15.9 Å². The summed E-state index contributed by atoms with van der Waals surface area (Å²) in [6.45, 7) is 1.61. The van der Waals surface area contributed by atoms with Crippen molar-refractivity contribution in [3.63, 3.8) is 0 Å². The van der Waals surface area contributed by atoms with Crippen LogP contribution in [0, 0.1) is 17.8 Å². The van der Waals surface area contributed by atoms with Crippen LogP contribution in [0.3, 0.4) is 0 Å². The van der Waals surface area contributed by atoms with Crippen molar-refractivity contribution in [1.29, 1.82) is 0 Å². The van der Waals surface area contributed by atoms with Crippen LogP contribution in [-0.2, 0) is 19.2 Å². The summed E-state index contributed by atoms with van der Waals surface area (Å²) >= 11 is 9.95. The molecule has 0 spiro atoms. The van der Waals surface area contributed by atoms with Crippen LogP contribution in [-0.4, -0.2) is 28.5 Å². The number of hydrogen-bond acceptors (Lipinski definition) is 5. The zero-order valence-corrected chi connectivity index (χ0v) is 22.0. The molecule has 186 valence electrons. The van der Waals surface area contributed by atoms with Gasteiger partial charge in [0, 0.05) is 32.1 Å². The SMILES string of the molecule is CC1=CC(=O)C2=C(CC3C(=CCC4C(=O)N(c5ccc(Br)cc5)C(=O)C43)C2c2ccc(O)cc2Cl)C1=O. The first kappa shape index (κ1) is 24.1. The van der Waals surface area contributed by atoms with E-state index in [9.17, 15) is 24.3 Å². The van der Waals surface area contributed by atoms with E-state index in [0.29, 0.717) is 34.4 Å². The Morgan fingerprint density at radius 3 is 2.43 bits per heavy atom. The van der Waals surface area contributed by atoms with Crippen LogP contribution in [0.2, 0.25) is 5.02 Å². The number of fused-ring (bicyclic) bond motifs is 3. The fourth-order valence-electron chi connectivity index (χ4n) is 6.33. The summed E-state index contributed by atoms with van der Waals surface area (Å²) in [7, 11) is 0. The number of hydrogen-bond donors (Lipinski definition) is 1. The van der Waals surface area contributed by atoms with E-state index in [4.69, 9.17) is 11.6 Å². The molecule has 4 aliphatic rings. The summed E-state index contributed by atoms with van der Waals surface area (Å²) in [5, 5.41) is 10.2. The van der Waals surface area contributed by atoms with Gasteiger partial charge in [0.2, 0.25) is 11.8 Å². The normalized spacial score (nSPS) is 27.1. The number of allylic oxidation sites excluding steroid dienone is 6. The van der Waals surface area contributed by atoms with E-state index in [-0.39, 0.29) is 40.6 Å². The number of benzene rings is 2. The number of anilines is 1. The summed E-state index contributed by atoms with van der Waals surface area (Å²) in [6.07, 6.45) is 3.86. The number of Topliss-reactive ketones (excluding diaryl/α,β-unsaturated/α-hetero) is 1. The average molecular weight is 579 g/mol. The molecule has 1 fully saturated rings. The largest absolute Gasteiger partial charge is 0.508 e. The minimum Gasteiger partial charge on any atom is -0.508 e. The molecule has 4 atom stereocenters. The number of aromatic hydroxyl groups is 1. The molecule has 0 saturated carbocycles. The molecular weight excluding hydrogens is 558 g/mol. The minimum absolute atomic E-state index is 0.0171. The molecule has 4 unspecified atom stereocenters. The van der Waals surface area contributed by atoms with Gasteiger partial charge in [-0.25, -0.2) is 0 Å². The second-order valence-electron chi connectivity index (χ2n) is 9.92. The minimum atomic E-state index is -0.655. The van der Waals surface area contributed by atoms with Crippen molar-refractivity contribution < 1.29 is 24.3 Å². The maximum Gasteiger partial charge on any atom is 0.238 e. The Labute approximate surface area is 226 Å². The Kier molecular flexibility index (Phi) is 5.62. The van der Waals surface area contributed by atoms with E-state index >= 15 is 0 Å². The van der Waals surface area contributed by atoms with Gasteiger partial charge in [-0.1, -0.05) is 45.2 Å². The smallest absolute Gasteiger partial charge is 0.238 e. The molecule has 1 saturated heterocycles. The number of ketones is 2. The van der Waals surface area contributed by atoms with Crippen molar-refractivity contribution in [3.8, 4) is 5.75 Å². The highest BCUT2D eigenvalue weighted by atomic mass is 79.9. The van der Waals surface area contributed by atoms with Gasteiger partial charge < -0.3 is 5.11 Å². The van der Waals surface area contributed by atoms with Gasteiger partial charge in [-0.3, -0.25) is 24.1 Å². The molecule has 0 bridgehead atoms. The maximum absolute atomic E-state index is 13.8. The van der Waals surface area contributed by atoms with Crippen molar-refractivity contribution in [2.24, 2.45) is 17.8 Å². The second kappa shape index (κ2) is 8.64. The molecule has 3 aliphatic carbocycles. The van der Waals surface area contributed by atoms with Gasteiger partial charge in [0.1, 0.15) is 5.75 Å². The van der Waals surface area contributed by atoms with Crippen LogP contribution in [0.5, 0.6) is 5.75 Å². The summed E-state index contributed by atoms with van der Waals surface area (Å²) < 4.78 is 0.834. The van der Waals surface area contributed by atoms with Crippen LogP contribution >= 0.6 is 27.5 Å². The Hall–Kier alpha value is -3.29. The first-order valence-corrected chi connectivity index (χ1v) is 13.2. The van der Waals surface area contributed by atoms with E-state index in [1.54, 1.807) is 37.3 Å². The van der Waals surface area contributed by atoms with Gasteiger partial charge in [-0.05, 0) is 73.7 Å². The van der Waals surface area contributed by atoms with Crippen molar-refractivity contribution in [1.82, 2.24) is 0 Å². The average Bonchev–Trinajstić information content (AvgIpc) is 3.12. The van der Waals surface area contributed by atoms with Crippen LogP contribution in [0.4, 0.5) is 5.69 Å². The molecule has 1 aliphatic heterocycles. The molecule has 6 rings (SSSR count). The molecule has 1 N–H and O–H groups in total. The van der Waals surface area contributed by atoms with Crippen LogP contribution in [0.1, 0.15) is 31.2 Å². The number of rotatable bonds is 2. The molecule has 2 aromatic rings. The van der Waals surface area contributed by atoms with Gasteiger partial charge in [-0.2, -0.15) is 0 Å². The summed E-state index contributed by atoms with van der Waals surface area (Å²) in [5.41, 5.74) is 3.00. The number of nitrogens with zero attached hydrogens (tertiary/aromatic N) is 1. The highest BCUT2D eigenvalue weighted by molar-refractivity contribution is 9.10. The first-order chi connectivity index (χ1) is 17.7. The predicted molar refractivity (Wildman–Crippen MR) is 141 cm³/mol. The molecule has 8 heteroatoms. The molecule has 0 radical (unpaired) electrons. The Morgan fingerprint density at radius 2 is 1.73 bits per heavy atom. The Bertz CT molecular complexity index is 1520. The zero-order valence-electron chi connectivity index (χ0n) is 19.7. The third-order valence-electron chi connectivity index (χ3n) is 7.94. The van der Waals surface area contributed by atoms with Crippen molar-refractivity contribution in [2.45, 2.75) is 25.7 Å². The maximum atomic E-state index is 13.8. The number of carbonyl (C=O) groups excluding carboxylic acids is 4. The monoisotopic (exact) mass is 577 g/mol. The van der Waals surface area contributed by atoms with Crippen molar-refractivity contribution in [2.75, 3.05) is 4.90 Å². The molecule has 0 aromatic heterocycles. The molecular formula is C29H21BrClNO5. The lowest BCUT2D eigenvalue weighted by atomic mass is 9.59. The van der Waals surface area contributed by atoms with Crippen LogP contribution in [0.25, 0.3) is 0 Å². The van der Waals surface area contributed by atoms with Crippen molar-refractivity contribution in [3.05, 3.63) is 92.0 Å².